The zero-order chi connectivity index (χ0) is 64.8. The molecule has 6 aromatic carbocycles. The summed E-state index contributed by atoms with van der Waals surface area (Å²) in [6, 6.07) is 48.6. The molecule has 0 aliphatic carbocycles. The first-order valence-corrected chi connectivity index (χ1v) is 30.5. The molecule has 9 N–H and O–H groups in total. The Balaban J connectivity index is 0.000000153. The van der Waals surface area contributed by atoms with E-state index in [0.717, 1.165) is 122 Å². The Morgan fingerprint density at radius 2 is 1.01 bits per heavy atom. The van der Waals surface area contributed by atoms with E-state index in [0.29, 0.717) is 12.2 Å². The lowest BCUT2D eigenvalue weighted by atomic mass is 9.86. The van der Waals surface area contributed by atoms with E-state index in [4.69, 9.17) is 21.9 Å². The number of nitrogens with one attached hydrogen (secondary N) is 3. The van der Waals surface area contributed by atoms with Gasteiger partial charge in [0, 0.05) is 112 Å². The number of benzene rings is 6. The molecule has 0 saturated heterocycles. The van der Waals surface area contributed by atoms with Gasteiger partial charge < -0.3 is 41.8 Å². The van der Waals surface area contributed by atoms with Crippen LogP contribution in [0.15, 0.2) is 164 Å². The first-order valence-electron chi connectivity index (χ1n) is 29.7. The molecule has 5 heterocycles. The van der Waals surface area contributed by atoms with Crippen LogP contribution in [0.1, 0.15) is 120 Å². The monoisotopic (exact) mass is 1210 g/mol. The molecule has 0 atom stereocenters. The van der Waals surface area contributed by atoms with Crippen molar-refractivity contribution in [1.82, 2.24) is 29.8 Å². The van der Waals surface area contributed by atoms with Gasteiger partial charge in [0.25, 0.3) is 0 Å². The number of fused-ring (bicyclic) bond motifs is 4. The number of aromatic amines is 3. The lowest BCUT2D eigenvalue weighted by molar-refractivity contribution is -0.121. The fourth-order valence-corrected chi connectivity index (χ4v) is 10.2. The van der Waals surface area contributed by atoms with Gasteiger partial charge in [0.15, 0.2) is 23.1 Å². The SMILES string of the molecule is CC(C)(C)C(=O)c1ccc2[nH]c(-c3ccc(N)cc3)cc2c1.CC(C)(C)C(=O)c1ccc2cc(-c3ccc(N)cc3)[nH]c2c1.CC(C)(C)C(=O)c1ccc2sc(-c3ccc(N)cc3)nc2c1.CN(C)CCOc1cnc2[nH]c(/C=C/C(=O)C(C)(C)C)cc2c1. The van der Waals surface area contributed by atoms with Gasteiger partial charge >= 0.3 is 0 Å². The van der Waals surface area contributed by atoms with Crippen molar-refractivity contribution < 1.29 is 23.9 Å². The second-order valence-corrected chi connectivity index (χ2v) is 27.7. The topological polar surface area (TPSA) is 232 Å². The number of H-pyrrole nitrogens is 3. The number of thiazole rings is 1. The number of nitrogens with two attached hydrogens (primary N) is 3. The number of hydrogen-bond acceptors (Lipinski definition) is 12. The molecular formula is C74H83N9O5S. The molecule has 0 aliphatic rings. The summed E-state index contributed by atoms with van der Waals surface area (Å²) in [5, 5.41) is 4.05. The van der Waals surface area contributed by atoms with Crippen molar-refractivity contribution in [2.45, 2.75) is 83.1 Å². The molecule has 14 nitrogen and oxygen atoms in total. The van der Waals surface area contributed by atoms with Crippen molar-refractivity contribution in [2.75, 3.05) is 44.4 Å². The smallest absolute Gasteiger partial charge is 0.168 e. The van der Waals surface area contributed by atoms with Gasteiger partial charge in [-0.25, -0.2) is 9.97 Å². The van der Waals surface area contributed by atoms with Crippen molar-refractivity contribution in [1.29, 1.82) is 0 Å². The number of anilines is 3. The number of ketones is 4. The van der Waals surface area contributed by atoms with E-state index in [1.54, 1.807) is 29.7 Å². The van der Waals surface area contributed by atoms with Crippen LogP contribution in [-0.2, 0) is 4.79 Å². The molecule has 0 unspecified atom stereocenters. The molecule has 0 spiro atoms. The van der Waals surface area contributed by atoms with Crippen LogP contribution >= 0.6 is 11.3 Å². The summed E-state index contributed by atoms with van der Waals surface area (Å²) in [7, 11) is 4.02. The van der Waals surface area contributed by atoms with E-state index < -0.39 is 0 Å². The number of likely N-dealkylation sites (N-methyl/N-ethyl adjacent to an activating group) is 1. The second kappa shape index (κ2) is 26.9. The number of carbonyl (C=O) groups excluding carboxylic acids is 4. The predicted molar refractivity (Wildman–Crippen MR) is 371 cm³/mol. The van der Waals surface area contributed by atoms with Crippen molar-refractivity contribution in [3.63, 3.8) is 0 Å². The molecule has 0 amide bonds. The standard InChI is InChI=1S/2C19H20N2O.C18H25N3O2.C18H18N2OS/c1-19(2,3)18(22)13-6-9-16-14(10-13)11-17(21-16)12-4-7-15(20)8-5-12;1-19(2,3)18(22)14-5-4-13-10-16(21-17(13)11-14)12-6-8-15(20)9-7-12;1-18(2,3)16(22)7-6-14-10-13-11-15(12-19-17(13)20-14)23-9-8-21(4)5;1-18(2,3)16(21)12-6-9-15-14(10-12)20-17(22-15)11-4-7-13(19)8-5-11/h2*4-11,21H,20H2,1-3H3;6-7,10-12H,8-9H2,1-5H3,(H,19,20);4-10H,19H2,1-3H3/b;;7-6+;. The molecule has 89 heavy (non-hydrogen) atoms. The van der Waals surface area contributed by atoms with Crippen molar-refractivity contribution in [3.8, 4) is 38.8 Å². The van der Waals surface area contributed by atoms with E-state index in [1.165, 1.54) is 0 Å². The van der Waals surface area contributed by atoms with Crippen LogP contribution in [0.2, 0.25) is 0 Å². The highest BCUT2D eigenvalue weighted by Gasteiger charge is 2.26. The number of hydrogen-bond donors (Lipinski definition) is 6. The Hall–Kier alpha value is -9.44. The van der Waals surface area contributed by atoms with E-state index in [1.807, 2.05) is 237 Å². The number of nitrogens with zero attached hydrogens (tertiary/aromatic N) is 3. The Morgan fingerprint density at radius 3 is 1.55 bits per heavy atom. The lowest BCUT2D eigenvalue weighted by Crippen LogP contribution is -2.19. The highest BCUT2D eigenvalue weighted by molar-refractivity contribution is 7.21. The minimum atomic E-state index is -0.385. The lowest BCUT2D eigenvalue weighted by Gasteiger charge is -2.16. The molecule has 0 bridgehead atoms. The van der Waals surface area contributed by atoms with Gasteiger partial charge in [-0.05, 0) is 153 Å². The van der Waals surface area contributed by atoms with Crippen molar-refractivity contribution >= 4 is 101 Å². The summed E-state index contributed by atoms with van der Waals surface area (Å²) < 4.78 is 6.77. The predicted octanol–water partition coefficient (Wildman–Crippen LogP) is 17.2. The van der Waals surface area contributed by atoms with E-state index in [2.05, 4.69) is 42.0 Å². The number of Topliss-reactive ketones (excluding diaryl/α,β-unsaturated/α-hetero) is 3. The molecule has 460 valence electrons. The third-order valence-corrected chi connectivity index (χ3v) is 15.6. The number of aromatic nitrogens is 5. The molecule has 0 radical (unpaired) electrons. The molecule has 5 aromatic heterocycles. The summed E-state index contributed by atoms with van der Waals surface area (Å²) in [6.07, 6.45) is 5.11. The highest BCUT2D eigenvalue weighted by Crippen LogP contribution is 2.34. The van der Waals surface area contributed by atoms with Crippen molar-refractivity contribution in [2.24, 2.45) is 21.7 Å². The van der Waals surface area contributed by atoms with Crippen molar-refractivity contribution in [3.05, 3.63) is 186 Å². The average Bonchev–Trinajstić information content (AvgIpc) is 4.02. The Morgan fingerprint density at radius 1 is 0.517 bits per heavy atom. The number of allylic oxidation sites excluding steroid dienone is 1. The van der Waals surface area contributed by atoms with Crippen LogP contribution in [0, 0.1) is 21.7 Å². The van der Waals surface area contributed by atoms with Crippen LogP contribution in [0.5, 0.6) is 5.75 Å². The normalized spacial score (nSPS) is 11.9. The third-order valence-electron chi connectivity index (χ3n) is 14.5. The maximum absolute atomic E-state index is 12.4. The van der Waals surface area contributed by atoms with Gasteiger partial charge in [-0.2, -0.15) is 0 Å². The average molecular weight is 1210 g/mol. The number of nitrogen functional groups attached to an aromatic ring is 3. The maximum Gasteiger partial charge on any atom is 0.168 e. The summed E-state index contributed by atoms with van der Waals surface area (Å²) in [5.74, 6) is 1.29. The molecule has 0 saturated carbocycles. The van der Waals surface area contributed by atoms with Crippen LogP contribution < -0.4 is 21.9 Å². The molecule has 0 aliphatic heterocycles. The summed E-state index contributed by atoms with van der Waals surface area (Å²) in [6.45, 7) is 24.6. The van der Waals surface area contributed by atoms with Gasteiger partial charge in [0.1, 0.15) is 23.0 Å². The molecule has 0 fully saturated rings. The second-order valence-electron chi connectivity index (χ2n) is 26.7. The van der Waals surface area contributed by atoms with Gasteiger partial charge in [-0.15, -0.1) is 11.3 Å². The largest absolute Gasteiger partial charge is 0.491 e. The molecular weight excluding hydrogens is 1130 g/mol. The minimum absolute atomic E-state index is 0.0943. The summed E-state index contributed by atoms with van der Waals surface area (Å²) >= 11 is 1.62. The molecule has 15 heteroatoms. The van der Waals surface area contributed by atoms with Gasteiger partial charge in [-0.1, -0.05) is 119 Å². The maximum atomic E-state index is 12.4. The van der Waals surface area contributed by atoms with E-state index in [-0.39, 0.29) is 44.8 Å². The quantitative estimate of drug-likeness (QED) is 0.0383. The Kier molecular flexibility index (Phi) is 19.8. The van der Waals surface area contributed by atoms with Gasteiger partial charge in [0.05, 0.1) is 16.4 Å². The first kappa shape index (κ1) is 65.5. The van der Waals surface area contributed by atoms with Crippen LogP contribution in [-0.4, -0.2) is 80.2 Å². The third kappa shape index (κ3) is 17.2. The van der Waals surface area contributed by atoms with E-state index in [9.17, 15) is 19.2 Å². The number of rotatable bonds is 12. The highest BCUT2D eigenvalue weighted by atomic mass is 32.1. The van der Waals surface area contributed by atoms with Crippen LogP contribution in [0.4, 0.5) is 17.1 Å². The number of carbonyl (C=O) groups is 4. The molecule has 11 rings (SSSR count). The van der Waals surface area contributed by atoms with E-state index >= 15 is 0 Å². The first-order chi connectivity index (χ1) is 41.8. The number of ether oxygens (including phenoxy) is 1. The zero-order valence-electron chi connectivity index (χ0n) is 53.6. The number of pyridine rings is 1. The Bertz CT molecular complexity index is 4000. The van der Waals surface area contributed by atoms with Gasteiger partial charge in [0.2, 0.25) is 0 Å². The summed E-state index contributed by atoms with van der Waals surface area (Å²) in [4.78, 5) is 70.2. The molecule has 11 aromatic rings. The fraction of sp³-hybridized carbons (Fsp3) is 0.270. The minimum Gasteiger partial charge on any atom is -0.491 e. The van der Waals surface area contributed by atoms with Crippen LogP contribution in [0.25, 0.3) is 82.2 Å². The summed E-state index contributed by atoms with van der Waals surface area (Å²) in [5.41, 5.74) is 29.9. The van der Waals surface area contributed by atoms with Crippen LogP contribution in [0.3, 0.4) is 0 Å². The Labute approximate surface area is 526 Å². The van der Waals surface area contributed by atoms with Gasteiger partial charge in [-0.3, -0.25) is 19.2 Å². The zero-order valence-corrected chi connectivity index (χ0v) is 54.4. The fourth-order valence-electron chi connectivity index (χ4n) is 9.24.